The molecule has 2 aromatic carbocycles. The normalized spacial score (nSPS) is 25.0. The molecule has 156 valence electrons. The lowest BCUT2D eigenvalue weighted by atomic mass is 9.56. The van der Waals surface area contributed by atoms with Crippen LogP contribution in [0.1, 0.15) is 65.9 Å². The minimum Gasteiger partial charge on any atom is -0.349 e. The van der Waals surface area contributed by atoms with Gasteiger partial charge in [-0.1, -0.05) is 0 Å². The summed E-state index contributed by atoms with van der Waals surface area (Å²) in [4.78, 5) is 16.9. The van der Waals surface area contributed by atoms with Crippen molar-refractivity contribution < 1.29 is 9.18 Å². The average Bonchev–Trinajstić information content (AvgIpc) is 2.78. The molecule has 0 bridgehead atoms. The van der Waals surface area contributed by atoms with E-state index in [2.05, 4.69) is 16.4 Å². The number of halogens is 1. The summed E-state index contributed by atoms with van der Waals surface area (Å²) in [5, 5.41) is 13.0. The molecule has 0 atom stereocenters. The number of rotatable bonds is 3. The van der Waals surface area contributed by atoms with Gasteiger partial charge in [0.05, 0.1) is 17.1 Å². The van der Waals surface area contributed by atoms with Crippen molar-refractivity contribution >= 4 is 16.8 Å². The second-order valence-electron chi connectivity index (χ2n) is 9.10. The summed E-state index contributed by atoms with van der Waals surface area (Å²) < 4.78 is 13.8. The molecule has 0 aliphatic heterocycles. The Hall–Kier alpha value is -3.26. The van der Waals surface area contributed by atoms with E-state index in [1.807, 2.05) is 12.3 Å². The van der Waals surface area contributed by atoms with Gasteiger partial charge in [-0.15, -0.1) is 0 Å². The molecule has 1 N–H and O–H groups in total. The van der Waals surface area contributed by atoms with Crippen molar-refractivity contribution in [1.82, 2.24) is 10.3 Å². The Kier molecular flexibility index (Phi) is 4.94. The fraction of sp³-hybridized carbons (Fsp3) is 0.346. The molecule has 5 rings (SSSR count). The van der Waals surface area contributed by atoms with Gasteiger partial charge in [0.2, 0.25) is 0 Å². The van der Waals surface area contributed by atoms with E-state index in [9.17, 15) is 9.18 Å². The van der Waals surface area contributed by atoms with E-state index in [1.54, 1.807) is 36.4 Å². The van der Waals surface area contributed by atoms with Gasteiger partial charge in [0.25, 0.3) is 5.91 Å². The zero-order valence-corrected chi connectivity index (χ0v) is 17.3. The molecule has 2 aliphatic carbocycles. The van der Waals surface area contributed by atoms with Crippen LogP contribution in [-0.4, -0.2) is 16.9 Å². The van der Waals surface area contributed by atoms with Gasteiger partial charge in [-0.3, -0.25) is 9.78 Å². The van der Waals surface area contributed by atoms with E-state index in [-0.39, 0.29) is 17.8 Å². The molecule has 2 saturated carbocycles. The zero-order chi connectivity index (χ0) is 21.4. The van der Waals surface area contributed by atoms with Crippen molar-refractivity contribution in [3.63, 3.8) is 0 Å². The molecule has 3 aromatic rings. The lowest BCUT2D eigenvalue weighted by Gasteiger charge is -2.52. The van der Waals surface area contributed by atoms with Crippen LogP contribution in [0.3, 0.4) is 0 Å². The summed E-state index contributed by atoms with van der Waals surface area (Å²) in [6.45, 7) is 0. The monoisotopic (exact) mass is 413 g/mol. The van der Waals surface area contributed by atoms with Crippen LogP contribution in [0.5, 0.6) is 0 Å². The maximum absolute atomic E-state index is 13.8. The topological polar surface area (TPSA) is 65.8 Å². The SMILES string of the molecule is N#Cc1ccc(C(=O)NC2CC3(CCC(c4ccnc5ccc(F)cc45)CC3)C2)cc1. The molecule has 0 radical (unpaired) electrons. The number of pyridine rings is 1. The van der Waals surface area contributed by atoms with E-state index in [4.69, 9.17) is 5.26 Å². The minimum atomic E-state index is -0.214. The van der Waals surface area contributed by atoms with E-state index in [0.29, 0.717) is 22.5 Å². The molecular formula is C26H24FN3O. The van der Waals surface area contributed by atoms with Gasteiger partial charge in [-0.2, -0.15) is 5.26 Å². The fourth-order valence-electron chi connectivity index (χ4n) is 5.50. The molecule has 31 heavy (non-hydrogen) atoms. The molecule has 1 spiro atoms. The predicted molar refractivity (Wildman–Crippen MR) is 117 cm³/mol. The first-order valence-electron chi connectivity index (χ1n) is 10.9. The van der Waals surface area contributed by atoms with E-state index >= 15 is 0 Å². The minimum absolute atomic E-state index is 0.0664. The van der Waals surface area contributed by atoms with E-state index in [0.717, 1.165) is 49.4 Å². The maximum Gasteiger partial charge on any atom is 0.251 e. The average molecular weight is 413 g/mol. The predicted octanol–water partition coefficient (Wildman–Crippen LogP) is 5.48. The molecule has 1 aromatic heterocycles. The number of benzene rings is 2. The van der Waals surface area contributed by atoms with Gasteiger partial charge < -0.3 is 5.32 Å². The van der Waals surface area contributed by atoms with Crippen LogP contribution in [0.2, 0.25) is 0 Å². The second-order valence-corrected chi connectivity index (χ2v) is 9.10. The van der Waals surface area contributed by atoms with Gasteiger partial charge in [0.1, 0.15) is 5.82 Å². The summed E-state index contributed by atoms with van der Waals surface area (Å²) >= 11 is 0. The number of carbonyl (C=O) groups excluding carboxylic acids is 1. The first-order chi connectivity index (χ1) is 15.0. The smallest absolute Gasteiger partial charge is 0.251 e. The molecule has 1 heterocycles. The summed E-state index contributed by atoms with van der Waals surface area (Å²) in [5.41, 5.74) is 3.55. The standard InChI is InChI=1S/C26H24FN3O/c27-20-5-6-24-23(13-20)22(9-12-29-24)18-7-10-26(11-8-18)14-21(15-26)30-25(31)19-3-1-17(16-28)2-4-19/h1-6,9,12-13,18,21H,7-8,10-11,14-15H2,(H,30,31). The Bertz CT molecular complexity index is 1170. The van der Waals surface area contributed by atoms with Crippen LogP contribution < -0.4 is 5.32 Å². The fourth-order valence-corrected chi connectivity index (χ4v) is 5.50. The van der Waals surface area contributed by atoms with E-state index < -0.39 is 0 Å². The van der Waals surface area contributed by atoms with Crippen molar-refractivity contribution in [3.8, 4) is 6.07 Å². The molecule has 5 heteroatoms. The first-order valence-corrected chi connectivity index (χ1v) is 10.9. The molecule has 2 fully saturated rings. The Morgan fingerprint density at radius 2 is 1.84 bits per heavy atom. The highest BCUT2D eigenvalue weighted by Gasteiger charge is 2.46. The number of nitriles is 1. The number of hydrogen-bond donors (Lipinski definition) is 1. The number of hydrogen-bond acceptors (Lipinski definition) is 3. The van der Waals surface area contributed by atoms with Crippen molar-refractivity contribution in [2.75, 3.05) is 0 Å². The Morgan fingerprint density at radius 1 is 1.10 bits per heavy atom. The first kappa shape index (κ1) is 19.7. The number of nitrogens with zero attached hydrogens (tertiary/aromatic N) is 2. The molecule has 0 unspecified atom stereocenters. The van der Waals surface area contributed by atoms with Gasteiger partial charge in [0, 0.05) is 23.2 Å². The molecular weight excluding hydrogens is 389 g/mol. The van der Waals surface area contributed by atoms with Gasteiger partial charge in [-0.05, 0) is 104 Å². The van der Waals surface area contributed by atoms with Crippen molar-refractivity contribution in [2.24, 2.45) is 5.41 Å². The third-order valence-corrected chi connectivity index (χ3v) is 7.19. The van der Waals surface area contributed by atoms with Gasteiger partial charge in [0.15, 0.2) is 0 Å². The summed E-state index contributed by atoms with van der Waals surface area (Å²) in [6.07, 6.45) is 8.33. The quantitative estimate of drug-likeness (QED) is 0.618. The summed E-state index contributed by atoms with van der Waals surface area (Å²) in [7, 11) is 0. The molecule has 1 amide bonds. The third-order valence-electron chi connectivity index (χ3n) is 7.19. The zero-order valence-electron chi connectivity index (χ0n) is 17.3. The van der Waals surface area contributed by atoms with Crippen LogP contribution in [0, 0.1) is 22.6 Å². The Balaban J connectivity index is 1.19. The Morgan fingerprint density at radius 3 is 2.55 bits per heavy atom. The van der Waals surface area contributed by atoms with Crippen molar-refractivity contribution in [1.29, 1.82) is 5.26 Å². The highest BCUT2D eigenvalue weighted by Crippen LogP contribution is 2.55. The molecule has 4 nitrogen and oxygen atoms in total. The van der Waals surface area contributed by atoms with Crippen LogP contribution in [0.15, 0.2) is 54.7 Å². The summed E-state index contributed by atoms with van der Waals surface area (Å²) in [6, 6.07) is 15.9. The van der Waals surface area contributed by atoms with Crippen LogP contribution in [0.25, 0.3) is 10.9 Å². The van der Waals surface area contributed by atoms with Gasteiger partial charge in [-0.25, -0.2) is 4.39 Å². The van der Waals surface area contributed by atoms with Crippen molar-refractivity contribution in [2.45, 2.75) is 50.5 Å². The van der Waals surface area contributed by atoms with Crippen LogP contribution >= 0.6 is 0 Å². The molecule has 2 aliphatic rings. The highest BCUT2D eigenvalue weighted by atomic mass is 19.1. The largest absolute Gasteiger partial charge is 0.349 e. The number of nitrogens with one attached hydrogen (secondary N) is 1. The second kappa shape index (κ2) is 7.77. The number of aromatic nitrogens is 1. The van der Waals surface area contributed by atoms with Gasteiger partial charge >= 0.3 is 0 Å². The maximum atomic E-state index is 13.8. The summed E-state index contributed by atoms with van der Waals surface area (Å²) in [5.74, 6) is 0.155. The lowest BCUT2D eigenvalue weighted by Crippen LogP contribution is -2.51. The third kappa shape index (κ3) is 3.79. The van der Waals surface area contributed by atoms with Crippen LogP contribution in [0.4, 0.5) is 4.39 Å². The number of carbonyl (C=O) groups is 1. The number of fused-ring (bicyclic) bond motifs is 1. The van der Waals surface area contributed by atoms with Crippen LogP contribution in [-0.2, 0) is 0 Å². The number of amides is 1. The van der Waals surface area contributed by atoms with E-state index in [1.165, 1.54) is 11.6 Å². The lowest BCUT2D eigenvalue weighted by molar-refractivity contribution is 0.0311. The highest BCUT2D eigenvalue weighted by molar-refractivity contribution is 5.94. The van der Waals surface area contributed by atoms with Crippen molar-refractivity contribution in [3.05, 3.63) is 77.2 Å². The molecule has 0 saturated heterocycles. The Labute approximate surface area is 181 Å².